The first-order valence-electron chi connectivity index (χ1n) is 43.1. The van der Waals surface area contributed by atoms with Gasteiger partial charge in [0.05, 0.1) is 41.3 Å². The minimum Gasteiger partial charge on any atom is -0.477 e. The Hall–Kier alpha value is -16.4. The summed E-state index contributed by atoms with van der Waals surface area (Å²) >= 11 is 6.30. The van der Waals surface area contributed by atoms with Crippen LogP contribution in [-0.2, 0) is 62.9 Å². The van der Waals surface area contributed by atoms with Crippen molar-refractivity contribution in [3.05, 3.63) is 440 Å². The van der Waals surface area contributed by atoms with Crippen LogP contribution in [-0.4, -0.2) is 110 Å². The van der Waals surface area contributed by atoms with E-state index in [4.69, 9.17) is 25.5 Å². The zero-order valence-electron chi connectivity index (χ0n) is 74.2. The highest BCUT2D eigenvalue weighted by Gasteiger charge is 2.23. The number of H-pyrrole nitrogens is 4. The predicted molar refractivity (Wildman–Crippen MR) is 525 cm³/mol. The number of ketones is 2. The predicted octanol–water partition coefficient (Wildman–Crippen LogP) is 23.1. The third-order valence-electron chi connectivity index (χ3n) is 20.1. The molecule has 0 aliphatic carbocycles. The number of hydrogen-bond donors (Lipinski definition) is 9. The van der Waals surface area contributed by atoms with Gasteiger partial charge in [-0.3, -0.25) is 30.0 Å². The van der Waals surface area contributed by atoms with Gasteiger partial charge in [-0.2, -0.15) is 25.1 Å². The quantitative estimate of drug-likeness (QED) is 0.0131. The second kappa shape index (κ2) is 48.9. The average molecular weight is 1970 g/mol. The van der Waals surface area contributed by atoms with Crippen molar-refractivity contribution >= 4 is 78.8 Å². The van der Waals surface area contributed by atoms with Crippen molar-refractivity contribution in [1.82, 2.24) is 75.5 Å². The molecule has 0 saturated heterocycles. The van der Waals surface area contributed by atoms with Crippen molar-refractivity contribution in [2.24, 2.45) is 0 Å². The standard InChI is InChI=1S/C23H19FN4O.2C23H21FN4.C16H11BrFN3O.C14H16FN3O2.C6H4BrNO2/c24-18-11-9-17(10-12-18)21-13-19(27-28-21)14-22(29)20-7-4-8-23(26-20)25-15-16-5-2-1-3-6-16;2*24-19-11-9-18(10-12-19)22-15-21(27-28-22)14-13-20-7-4-8-23(26-20)25-16-17-5-2-1-3-6-17;17-16-3-1-2-13(19-16)15(22)9-12-8-14(21-20-12)10-4-6-11(18)7-5-10;1-14(2,3)20-13(19)18-11(8-12(16)17-18)9-4-6-10(15)7-5-9;7-5-3-1-2-4(8-5)6(9)10/h1-13H,14-15H2,(H,25,26)(H,27,28);2*1-12,15H,13-14,16H2,(H,25,26)(H,27,28);1-8H,9H2,(H,20,21);4-8H,1-3H3,(H2,16,17);1-3H,(H,9,10). The van der Waals surface area contributed by atoms with E-state index >= 15 is 0 Å². The molecule has 18 aromatic rings. The van der Waals surface area contributed by atoms with Crippen molar-refractivity contribution in [1.29, 1.82) is 0 Å². The van der Waals surface area contributed by atoms with E-state index in [-0.39, 0.29) is 65.0 Å². The number of carboxylic acids is 1. The summed E-state index contributed by atoms with van der Waals surface area (Å²) in [6, 6.07) is 97.5. The summed E-state index contributed by atoms with van der Waals surface area (Å²) < 4.78 is 72.5. The Balaban J connectivity index is 0.000000142. The number of nitrogens with one attached hydrogen (secondary N) is 7. The highest BCUT2D eigenvalue weighted by molar-refractivity contribution is 9.10. The van der Waals surface area contributed by atoms with Crippen molar-refractivity contribution in [2.75, 3.05) is 21.7 Å². The lowest BCUT2D eigenvalue weighted by Crippen LogP contribution is -2.28. The van der Waals surface area contributed by atoms with Crippen LogP contribution in [0.5, 0.6) is 0 Å². The van der Waals surface area contributed by atoms with Crippen LogP contribution in [0.2, 0.25) is 0 Å². The first-order valence-corrected chi connectivity index (χ1v) is 44.7. The van der Waals surface area contributed by atoms with Crippen molar-refractivity contribution in [2.45, 2.75) is 84.5 Å². The van der Waals surface area contributed by atoms with E-state index in [9.17, 15) is 41.1 Å². The number of aromatic carboxylic acids is 1. The Bertz CT molecular complexity index is 6780. The van der Waals surface area contributed by atoms with Crippen LogP contribution >= 0.6 is 31.9 Å². The number of ether oxygens (including phenoxy) is 1. The second-order valence-corrected chi connectivity index (χ2v) is 33.3. The smallest absolute Gasteiger partial charge is 0.435 e. The van der Waals surface area contributed by atoms with Crippen molar-refractivity contribution < 1.29 is 51.0 Å². The molecule has 692 valence electrons. The lowest BCUT2D eigenvalue weighted by Gasteiger charge is -2.19. The number of benzene rings is 8. The molecule has 0 aliphatic heterocycles. The first kappa shape index (κ1) is 98.2. The van der Waals surface area contributed by atoms with Crippen LogP contribution in [0.25, 0.3) is 56.3 Å². The van der Waals surface area contributed by atoms with Crippen LogP contribution in [0.3, 0.4) is 0 Å². The summed E-state index contributed by atoms with van der Waals surface area (Å²) in [6.45, 7) is 7.41. The van der Waals surface area contributed by atoms with Gasteiger partial charge < -0.3 is 31.5 Å². The number of hydrogen-bond acceptors (Lipinski definition) is 19. The number of nitrogen functional groups attached to an aromatic ring is 1. The minimum absolute atomic E-state index is 0.0503. The van der Waals surface area contributed by atoms with Gasteiger partial charge in [0, 0.05) is 87.7 Å². The monoisotopic (exact) mass is 1970 g/mol. The van der Waals surface area contributed by atoms with Gasteiger partial charge in [0.25, 0.3) is 0 Å². The lowest BCUT2D eigenvalue weighted by atomic mass is 10.1. The molecule has 0 saturated carbocycles. The Kier molecular flexibility index (Phi) is 35.0. The number of anilines is 4. The molecule has 10 N–H and O–H groups in total. The lowest BCUT2D eigenvalue weighted by molar-refractivity contribution is 0.0517. The molecule has 0 spiro atoms. The van der Waals surface area contributed by atoms with Crippen LogP contribution < -0.4 is 21.7 Å². The Morgan fingerprint density at radius 2 is 0.679 bits per heavy atom. The number of pyridine rings is 5. The fourth-order valence-electron chi connectivity index (χ4n) is 13.3. The highest BCUT2D eigenvalue weighted by Crippen LogP contribution is 2.28. The van der Waals surface area contributed by atoms with Gasteiger partial charge in [0.15, 0.2) is 11.6 Å². The van der Waals surface area contributed by atoms with Gasteiger partial charge in [-0.05, 0) is 301 Å². The number of carbonyl (C=O) groups is 4. The van der Waals surface area contributed by atoms with Gasteiger partial charge in [0.1, 0.15) is 84.2 Å². The molecule has 0 amide bonds. The largest absolute Gasteiger partial charge is 0.477 e. The summed E-state index contributed by atoms with van der Waals surface area (Å²) in [7, 11) is 0. The van der Waals surface area contributed by atoms with Gasteiger partial charge in [0.2, 0.25) is 0 Å². The van der Waals surface area contributed by atoms with Gasteiger partial charge in [-0.15, -0.1) is 5.10 Å². The molecule has 0 unspecified atom stereocenters. The number of carbonyl (C=O) groups excluding carboxylic acids is 3. The zero-order chi connectivity index (χ0) is 96.4. The van der Waals surface area contributed by atoms with Crippen molar-refractivity contribution in [3.63, 3.8) is 0 Å². The number of aryl methyl sites for hydroxylation is 4. The molecule has 10 heterocycles. The summed E-state index contributed by atoms with van der Waals surface area (Å²) in [6.07, 6.45) is 2.94. The number of nitrogens with two attached hydrogens (primary N) is 1. The average Bonchev–Trinajstić information content (AvgIpc) is 1.67. The first-order chi connectivity index (χ1) is 66.3. The topological polar surface area (TPSA) is 357 Å². The molecule has 0 aliphatic rings. The van der Waals surface area contributed by atoms with E-state index in [1.54, 1.807) is 130 Å². The molecule has 25 nitrogen and oxygen atoms in total. The molecule has 0 bridgehead atoms. The normalized spacial score (nSPS) is 10.7. The number of nitrogens with zero attached hydrogens (tertiary/aromatic N) is 11. The maximum atomic E-state index is 13.1. The van der Waals surface area contributed by atoms with E-state index in [1.807, 2.05) is 127 Å². The van der Waals surface area contributed by atoms with E-state index in [0.29, 0.717) is 67.0 Å². The van der Waals surface area contributed by atoms with Crippen LogP contribution in [0, 0.1) is 29.1 Å². The second-order valence-electron chi connectivity index (χ2n) is 31.6. The van der Waals surface area contributed by atoms with Crippen molar-refractivity contribution in [3.8, 4) is 56.3 Å². The summed E-state index contributed by atoms with van der Waals surface area (Å²) in [5, 5.41) is 51.2. The van der Waals surface area contributed by atoms with Gasteiger partial charge in [-0.1, -0.05) is 121 Å². The van der Waals surface area contributed by atoms with Gasteiger partial charge >= 0.3 is 12.1 Å². The fraction of sp³-hybridized carbons (Fsp3) is 0.124. The van der Waals surface area contributed by atoms with E-state index < -0.39 is 17.7 Å². The molecule has 0 radical (unpaired) electrons. The third-order valence-corrected chi connectivity index (χ3v) is 20.9. The zero-order valence-corrected chi connectivity index (χ0v) is 77.4. The number of Topliss-reactive ketones (excluding diaryl/α,β-unsaturated/α-hetero) is 2. The summed E-state index contributed by atoms with van der Waals surface area (Å²) in [4.78, 5) is 68.8. The molecular formula is C105H92Br2F5N19O6. The molecule has 0 fully saturated rings. The van der Waals surface area contributed by atoms with Gasteiger partial charge in [-0.25, -0.2) is 56.5 Å². The molecule has 10 aromatic heterocycles. The third kappa shape index (κ3) is 31.4. The summed E-state index contributed by atoms with van der Waals surface area (Å²) in [5.41, 5.74) is 22.3. The number of halogens is 7. The Morgan fingerprint density at radius 3 is 1.03 bits per heavy atom. The minimum atomic E-state index is -1.01. The maximum absolute atomic E-state index is 13.1. The molecule has 0 atom stereocenters. The van der Waals surface area contributed by atoms with E-state index in [2.05, 4.69) is 133 Å². The summed E-state index contributed by atoms with van der Waals surface area (Å²) in [5.74, 6) is -0.0772. The maximum Gasteiger partial charge on any atom is 0.435 e. The van der Waals surface area contributed by atoms with E-state index in [1.165, 1.54) is 83.9 Å². The highest BCUT2D eigenvalue weighted by atomic mass is 79.9. The number of carboxylic acid groups (broad SMARTS) is 1. The van der Waals surface area contributed by atoms with E-state index in [0.717, 1.165) is 117 Å². The van der Waals surface area contributed by atoms with Crippen LogP contribution in [0.4, 0.5) is 50.0 Å². The number of aromatic amines is 4. The number of rotatable bonds is 27. The molecule has 137 heavy (non-hydrogen) atoms. The van der Waals surface area contributed by atoms with Crippen LogP contribution in [0.15, 0.2) is 343 Å². The SMILES string of the molecule is CC(C)(C)OC(=O)n1nc(N)cc1-c1ccc(F)cc1.Fc1ccc(-c2cc(CCc3cccc(NCc4ccccc4)n3)[nH]n2)cc1.Fc1ccc(-c2cc(CCc3cccc(NCc4ccccc4)n3)[nH]n2)cc1.O=C(Cc1cc(-c2ccc(F)cc2)n[nH]1)c1cccc(Br)n1.O=C(Cc1cc(-c2ccc(F)cc2)n[nH]1)c1cccc(NCc2ccccc2)n1.O=C(O)c1cccc(Br)n1. The molecular weight excluding hydrogens is 1880 g/mol. The molecule has 8 aromatic carbocycles. The Labute approximate surface area is 802 Å². The molecule has 18 rings (SSSR count). The Morgan fingerprint density at radius 1 is 0.365 bits per heavy atom. The molecule has 32 heteroatoms. The number of aromatic nitrogens is 15. The fourth-order valence-corrected chi connectivity index (χ4v) is 13.9. The van der Waals surface area contributed by atoms with Crippen LogP contribution in [0.1, 0.15) is 103 Å².